The van der Waals surface area contributed by atoms with Crippen molar-refractivity contribution in [3.8, 4) is 0 Å². The Morgan fingerprint density at radius 2 is 1.80 bits per heavy atom. The monoisotopic (exact) mass is 182 g/mol. The first-order chi connectivity index (χ1) is 4.85. The highest BCUT2D eigenvalue weighted by atomic mass is 35.5. The van der Waals surface area contributed by atoms with Crippen molar-refractivity contribution in [3.05, 3.63) is 0 Å². The van der Waals surface area contributed by atoms with E-state index in [-0.39, 0.29) is 0 Å². The van der Waals surface area contributed by atoms with E-state index in [1.54, 1.807) is 6.21 Å². The normalized spacial score (nSPS) is 10.7. The van der Waals surface area contributed by atoms with Gasteiger partial charge >= 0.3 is 0 Å². The van der Waals surface area contributed by atoms with Gasteiger partial charge in [0.15, 0.2) is 0 Å². The second-order valence-corrected chi connectivity index (χ2v) is 2.46. The van der Waals surface area contributed by atoms with Crippen molar-refractivity contribution in [2.75, 3.05) is 24.8 Å². The van der Waals surface area contributed by atoms with Crippen LogP contribution in [0.5, 0.6) is 0 Å². The summed E-state index contributed by atoms with van der Waals surface area (Å²) < 4.78 is 0. The van der Waals surface area contributed by atoms with E-state index in [0.29, 0.717) is 11.8 Å². The first-order valence-corrected chi connectivity index (χ1v) is 4.27. The Labute approximate surface area is 71.8 Å². The molecule has 0 fully saturated rings. The molecule has 2 nitrogen and oxygen atoms in total. The summed E-state index contributed by atoms with van der Waals surface area (Å²) in [4.78, 5) is 0. The summed E-state index contributed by atoms with van der Waals surface area (Å²) >= 11 is 11.0. The number of hydrogen-bond donors (Lipinski definition) is 0. The van der Waals surface area contributed by atoms with Crippen molar-refractivity contribution in [2.24, 2.45) is 5.10 Å². The van der Waals surface area contributed by atoms with Gasteiger partial charge in [-0.05, 0) is 6.92 Å². The number of halogens is 2. The third-order valence-electron chi connectivity index (χ3n) is 0.964. The van der Waals surface area contributed by atoms with Crippen LogP contribution in [0.2, 0.25) is 0 Å². The molecule has 0 saturated carbocycles. The molecule has 0 aromatic carbocycles. The van der Waals surface area contributed by atoms with Crippen LogP contribution >= 0.6 is 23.2 Å². The maximum Gasteiger partial charge on any atom is 0.0496 e. The lowest BCUT2D eigenvalue weighted by Gasteiger charge is -2.14. The van der Waals surface area contributed by atoms with Gasteiger partial charge in [-0.15, -0.1) is 23.2 Å². The van der Waals surface area contributed by atoms with Crippen LogP contribution in [0.25, 0.3) is 0 Å². The van der Waals surface area contributed by atoms with Crippen molar-refractivity contribution in [1.82, 2.24) is 5.01 Å². The first kappa shape index (κ1) is 10.0. The molecular formula is C6H12Cl2N2. The second kappa shape index (κ2) is 7.16. The van der Waals surface area contributed by atoms with Crippen molar-refractivity contribution >= 4 is 29.4 Å². The lowest BCUT2D eigenvalue weighted by atomic mass is 10.6. The van der Waals surface area contributed by atoms with Gasteiger partial charge in [0.2, 0.25) is 0 Å². The minimum Gasteiger partial charge on any atom is -0.295 e. The molecule has 0 rings (SSSR count). The Balaban J connectivity index is 3.50. The predicted molar refractivity (Wildman–Crippen MR) is 47.2 cm³/mol. The van der Waals surface area contributed by atoms with Crippen molar-refractivity contribution in [1.29, 1.82) is 0 Å². The number of hydrazone groups is 1. The van der Waals surface area contributed by atoms with Crippen molar-refractivity contribution < 1.29 is 0 Å². The fourth-order valence-electron chi connectivity index (χ4n) is 0.586. The van der Waals surface area contributed by atoms with Gasteiger partial charge < -0.3 is 0 Å². The minimum absolute atomic E-state index is 0.591. The van der Waals surface area contributed by atoms with Gasteiger partial charge in [0.25, 0.3) is 0 Å². The Bertz CT molecular complexity index is 89.7. The summed E-state index contributed by atoms with van der Waals surface area (Å²) in [5.74, 6) is 1.18. The Morgan fingerprint density at radius 1 is 1.30 bits per heavy atom. The van der Waals surface area contributed by atoms with E-state index in [1.165, 1.54) is 0 Å². The van der Waals surface area contributed by atoms with Gasteiger partial charge in [0.1, 0.15) is 0 Å². The lowest BCUT2D eigenvalue weighted by Crippen LogP contribution is -2.22. The summed E-state index contributed by atoms with van der Waals surface area (Å²) in [5, 5.41) is 5.89. The second-order valence-electron chi connectivity index (χ2n) is 1.71. The molecule has 60 valence electrons. The van der Waals surface area contributed by atoms with Crippen LogP contribution in [0, 0.1) is 0 Å². The van der Waals surface area contributed by atoms with E-state index in [0.717, 1.165) is 13.1 Å². The molecule has 0 aliphatic carbocycles. The molecule has 0 amide bonds. The molecule has 0 aromatic heterocycles. The SMILES string of the molecule is C/C=N/N(CCCl)CCCl. The molecule has 4 heteroatoms. The zero-order valence-electron chi connectivity index (χ0n) is 6.06. The molecule has 0 heterocycles. The first-order valence-electron chi connectivity index (χ1n) is 3.20. The number of alkyl halides is 2. The summed E-state index contributed by atoms with van der Waals surface area (Å²) in [6.45, 7) is 3.40. The predicted octanol–water partition coefficient (Wildman–Crippen LogP) is 1.77. The third-order valence-corrected chi connectivity index (χ3v) is 1.30. The van der Waals surface area contributed by atoms with E-state index in [1.807, 2.05) is 11.9 Å². The Kier molecular flexibility index (Phi) is 7.20. The highest BCUT2D eigenvalue weighted by Crippen LogP contribution is 1.91. The van der Waals surface area contributed by atoms with Gasteiger partial charge in [0.05, 0.1) is 0 Å². The molecule has 0 spiro atoms. The van der Waals surface area contributed by atoms with Gasteiger partial charge in [-0.2, -0.15) is 5.10 Å². The van der Waals surface area contributed by atoms with Crippen LogP contribution in [0.4, 0.5) is 0 Å². The van der Waals surface area contributed by atoms with E-state index in [2.05, 4.69) is 5.10 Å². The number of nitrogens with zero attached hydrogens (tertiary/aromatic N) is 2. The molecule has 0 N–H and O–H groups in total. The molecule has 0 aliphatic rings. The molecule has 0 saturated heterocycles. The minimum atomic E-state index is 0.591. The number of rotatable bonds is 5. The van der Waals surface area contributed by atoms with Crippen LogP contribution in [0.1, 0.15) is 6.92 Å². The molecule has 10 heavy (non-hydrogen) atoms. The topological polar surface area (TPSA) is 15.6 Å². The van der Waals surface area contributed by atoms with Crippen LogP contribution < -0.4 is 0 Å². The largest absolute Gasteiger partial charge is 0.295 e. The molecule has 0 atom stereocenters. The Morgan fingerprint density at radius 3 is 2.10 bits per heavy atom. The molecular weight excluding hydrogens is 171 g/mol. The summed E-state index contributed by atoms with van der Waals surface area (Å²) in [7, 11) is 0. The van der Waals surface area contributed by atoms with Gasteiger partial charge in [-0.3, -0.25) is 5.01 Å². The van der Waals surface area contributed by atoms with Crippen LogP contribution in [-0.2, 0) is 0 Å². The van der Waals surface area contributed by atoms with Crippen LogP contribution in [0.15, 0.2) is 5.10 Å². The molecule has 0 aromatic rings. The summed E-state index contributed by atoms with van der Waals surface area (Å²) in [6.07, 6.45) is 1.74. The fourth-order valence-corrected chi connectivity index (χ4v) is 0.976. The van der Waals surface area contributed by atoms with Crippen LogP contribution in [0.3, 0.4) is 0 Å². The van der Waals surface area contributed by atoms with Gasteiger partial charge in [0, 0.05) is 31.1 Å². The van der Waals surface area contributed by atoms with E-state index in [9.17, 15) is 0 Å². The van der Waals surface area contributed by atoms with E-state index >= 15 is 0 Å². The molecule has 0 bridgehead atoms. The lowest BCUT2D eigenvalue weighted by molar-refractivity contribution is 0.327. The maximum absolute atomic E-state index is 5.51. The van der Waals surface area contributed by atoms with Crippen molar-refractivity contribution in [3.63, 3.8) is 0 Å². The Hall–Kier alpha value is 0.0500. The summed E-state index contributed by atoms with van der Waals surface area (Å²) in [5.41, 5.74) is 0. The average Bonchev–Trinajstić information content (AvgIpc) is 1.90. The fraction of sp³-hybridized carbons (Fsp3) is 0.833. The zero-order chi connectivity index (χ0) is 7.82. The number of hydrogen-bond acceptors (Lipinski definition) is 2. The maximum atomic E-state index is 5.51. The average molecular weight is 183 g/mol. The van der Waals surface area contributed by atoms with Gasteiger partial charge in [-0.1, -0.05) is 0 Å². The highest BCUT2D eigenvalue weighted by molar-refractivity contribution is 6.18. The molecule has 0 radical (unpaired) electrons. The van der Waals surface area contributed by atoms with Gasteiger partial charge in [-0.25, -0.2) is 0 Å². The third kappa shape index (κ3) is 4.89. The summed E-state index contributed by atoms with van der Waals surface area (Å²) in [6, 6.07) is 0. The van der Waals surface area contributed by atoms with E-state index < -0.39 is 0 Å². The van der Waals surface area contributed by atoms with Crippen LogP contribution in [-0.4, -0.2) is 36.1 Å². The zero-order valence-corrected chi connectivity index (χ0v) is 7.57. The quantitative estimate of drug-likeness (QED) is 0.360. The standard InChI is InChI=1S/C6H12Cl2N2/c1-2-9-10(5-3-7)6-4-8/h2H,3-6H2,1H3/b9-2+. The van der Waals surface area contributed by atoms with E-state index in [4.69, 9.17) is 23.2 Å². The highest BCUT2D eigenvalue weighted by Gasteiger charge is 1.95. The molecule has 0 aliphatic heterocycles. The molecule has 0 unspecified atom stereocenters. The smallest absolute Gasteiger partial charge is 0.0496 e. The van der Waals surface area contributed by atoms with Crippen molar-refractivity contribution in [2.45, 2.75) is 6.92 Å².